The van der Waals surface area contributed by atoms with Crippen LogP contribution in [-0.2, 0) is 9.59 Å². The predicted octanol–water partition coefficient (Wildman–Crippen LogP) is 1.35. The molecule has 2 unspecified atom stereocenters. The van der Waals surface area contributed by atoms with Crippen molar-refractivity contribution in [1.29, 1.82) is 0 Å². The Balaban J connectivity index is 1.96. The highest BCUT2D eigenvalue weighted by Gasteiger charge is 2.49. The third-order valence-corrected chi connectivity index (χ3v) is 3.80. The van der Waals surface area contributed by atoms with Crippen molar-refractivity contribution in [1.82, 2.24) is 4.90 Å². The first-order valence-electron chi connectivity index (χ1n) is 6.01. The molecule has 2 atom stereocenters. The minimum atomic E-state index is -0.926. The summed E-state index contributed by atoms with van der Waals surface area (Å²) in [6.07, 6.45) is 3.24. The number of amides is 1. The Morgan fingerprint density at radius 3 is 2.25 bits per heavy atom. The van der Waals surface area contributed by atoms with Crippen LogP contribution in [0.15, 0.2) is 0 Å². The van der Waals surface area contributed by atoms with Crippen LogP contribution in [0.2, 0.25) is 0 Å². The lowest BCUT2D eigenvalue weighted by molar-refractivity contribution is -0.147. The molecule has 2 rings (SSSR count). The highest BCUT2D eigenvalue weighted by Crippen LogP contribution is 2.54. The highest BCUT2D eigenvalue weighted by molar-refractivity contribution is 5.83. The van der Waals surface area contributed by atoms with Crippen LogP contribution < -0.4 is 0 Å². The van der Waals surface area contributed by atoms with Gasteiger partial charge in [0.15, 0.2) is 0 Å². The first-order chi connectivity index (χ1) is 7.49. The number of carbonyl (C=O) groups is 2. The Kier molecular flexibility index (Phi) is 2.91. The number of aliphatic carboxylic acids is 1. The van der Waals surface area contributed by atoms with E-state index in [1.807, 2.05) is 13.8 Å². The zero-order valence-corrected chi connectivity index (χ0v) is 9.85. The monoisotopic (exact) mass is 225 g/mol. The Hall–Kier alpha value is -1.06. The molecule has 0 heterocycles. The van der Waals surface area contributed by atoms with Crippen molar-refractivity contribution < 1.29 is 14.7 Å². The second kappa shape index (κ2) is 4.07. The van der Waals surface area contributed by atoms with Gasteiger partial charge in [0.2, 0.25) is 5.91 Å². The Morgan fingerprint density at radius 2 is 1.81 bits per heavy atom. The van der Waals surface area contributed by atoms with E-state index in [1.54, 1.807) is 0 Å². The van der Waals surface area contributed by atoms with Crippen molar-refractivity contribution in [2.75, 3.05) is 6.54 Å². The van der Waals surface area contributed by atoms with E-state index >= 15 is 0 Å². The minimum Gasteiger partial charge on any atom is -0.480 e. The fourth-order valence-electron chi connectivity index (χ4n) is 2.81. The van der Waals surface area contributed by atoms with Gasteiger partial charge in [-0.1, -0.05) is 0 Å². The molecule has 16 heavy (non-hydrogen) atoms. The van der Waals surface area contributed by atoms with Crippen LogP contribution in [0.1, 0.15) is 33.1 Å². The third kappa shape index (κ3) is 2.20. The molecular formula is C12H19NO3. The fourth-order valence-corrected chi connectivity index (χ4v) is 2.81. The van der Waals surface area contributed by atoms with Gasteiger partial charge in [-0.05, 0) is 44.9 Å². The number of carboxylic acid groups (broad SMARTS) is 1. The maximum absolute atomic E-state index is 12.2. The summed E-state index contributed by atoms with van der Waals surface area (Å²) in [5.74, 6) is 0.723. The molecule has 2 saturated carbocycles. The summed E-state index contributed by atoms with van der Waals surface area (Å²) in [7, 11) is 0. The predicted molar refractivity (Wildman–Crippen MR) is 58.8 cm³/mol. The van der Waals surface area contributed by atoms with E-state index in [-0.39, 0.29) is 24.4 Å². The van der Waals surface area contributed by atoms with Gasteiger partial charge in [-0.2, -0.15) is 0 Å². The topological polar surface area (TPSA) is 57.6 Å². The first kappa shape index (κ1) is 11.4. The van der Waals surface area contributed by atoms with Gasteiger partial charge in [0, 0.05) is 12.0 Å². The summed E-state index contributed by atoms with van der Waals surface area (Å²) in [5, 5.41) is 8.79. The highest BCUT2D eigenvalue weighted by atomic mass is 16.4. The van der Waals surface area contributed by atoms with Gasteiger partial charge in [-0.15, -0.1) is 0 Å². The summed E-state index contributed by atoms with van der Waals surface area (Å²) in [5.41, 5.74) is 0. The van der Waals surface area contributed by atoms with Crippen molar-refractivity contribution in [3.05, 3.63) is 0 Å². The second-order valence-corrected chi connectivity index (χ2v) is 5.38. The van der Waals surface area contributed by atoms with Gasteiger partial charge in [-0.3, -0.25) is 9.59 Å². The van der Waals surface area contributed by atoms with E-state index in [1.165, 1.54) is 11.3 Å². The third-order valence-electron chi connectivity index (χ3n) is 3.80. The lowest BCUT2D eigenvalue weighted by Gasteiger charge is -2.28. The molecule has 2 aliphatic carbocycles. The maximum Gasteiger partial charge on any atom is 0.323 e. The van der Waals surface area contributed by atoms with E-state index in [2.05, 4.69) is 0 Å². The number of nitrogens with zero attached hydrogens (tertiary/aromatic N) is 1. The molecule has 1 amide bonds. The Labute approximate surface area is 95.6 Å². The van der Waals surface area contributed by atoms with E-state index in [4.69, 9.17) is 5.11 Å². The van der Waals surface area contributed by atoms with E-state index in [9.17, 15) is 9.59 Å². The number of hydrogen-bond donors (Lipinski definition) is 1. The first-order valence-corrected chi connectivity index (χ1v) is 6.01. The van der Waals surface area contributed by atoms with Crippen molar-refractivity contribution in [2.45, 2.75) is 39.2 Å². The molecule has 0 aliphatic heterocycles. The van der Waals surface area contributed by atoms with Crippen LogP contribution in [0, 0.1) is 17.8 Å². The number of carboxylic acids is 1. The number of hydrogen-bond acceptors (Lipinski definition) is 2. The summed E-state index contributed by atoms with van der Waals surface area (Å²) in [6, 6.07) is -0.0273. The van der Waals surface area contributed by atoms with Crippen LogP contribution in [-0.4, -0.2) is 34.5 Å². The van der Waals surface area contributed by atoms with Gasteiger partial charge in [0.25, 0.3) is 0 Å². The molecule has 2 aliphatic rings. The zero-order valence-electron chi connectivity index (χ0n) is 9.85. The minimum absolute atomic E-state index is 0.0273. The van der Waals surface area contributed by atoms with Gasteiger partial charge in [0.1, 0.15) is 6.54 Å². The second-order valence-electron chi connectivity index (χ2n) is 5.38. The van der Waals surface area contributed by atoms with Gasteiger partial charge in [0.05, 0.1) is 0 Å². The van der Waals surface area contributed by atoms with Crippen LogP contribution in [0.25, 0.3) is 0 Å². The lowest BCUT2D eigenvalue weighted by Crippen LogP contribution is -2.43. The summed E-state index contributed by atoms with van der Waals surface area (Å²) >= 11 is 0. The van der Waals surface area contributed by atoms with Gasteiger partial charge < -0.3 is 10.0 Å². The molecule has 90 valence electrons. The summed E-state index contributed by atoms with van der Waals surface area (Å²) in [6.45, 7) is 3.58. The Morgan fingerprint density at radius 1 is 1.25 bits per heavy atom. The SMILES string of the molecule is CC(C)N(CC(=O)O)C(=O)C1CC2CC2C1. The molecule has 0 aromatic carbocycles. The lowest BCUT2D eigenvalue weighted by atomic mass is 10.0. The van der Waals surface area contributed by atoms with Crippen molar-refractivity contribution in [3.8, 4) is 0 Å². The normalized spacial score (nSPS) is 31.3. The zero-order chi connectivity index (χ0) is 11.9. The van der Waals surface area contributed by atoms with Crippen molar-refractivity contribution in [3.63, 3.8) is 0 Å². The molecule has 0 saturated heterocycles. The van der Waals surface area contributed by atoms with E-state index in [0.717, 1.165) is 24.7 Å². The van der Waals surface area contributed by atoms with Gasteiger partial charge in [-0.25, -0.2) is 0 Å². The van der Waals surface area contributed by atoms with Gasteiger partial charge >= 0.3 is 5.97 Å². The van der Waals surface area contributed by atoms with Crippen molar-refractivity contribution >= 4 is 11.9 Å². The number of fused-ring (bicyclic) bond motifs is 1. The smallest absolute Gasteiger partial charge is 0.323 e. The van der Waals surface area contributed by atoms with E-state index < -0.39 is 5.97 Å². The Bertz CT molecular complexity index is 303. The standard InChI is InChI=1S/C12H19NO3/c1-7(2)13(6-11(14)15)12(16)10-4-8-3-9(8)5-10/h7-10H,3-6H2,1-2H3,(H,14,15). The average molecular weight is 225 g/mol. The van der Waals surface area contributed by atoms with E-state index in [0.29, 0.717) is 0 Å². The molecular weight excluding hydrogens is 206 g/mol. The van der Waals surface area contributed by atoms with Crippen LogP contribution in [0.3, 0.4) is 0 Å². The van der Waals surface area contributed by atoms with Crippen LogP contribution in [0.5, 0.6) is 0 Å². The molecule has 0 radical (unpaired) electrons. The summed E-state index contributed by atoms with van der Waals surface area (Å²) < 4.78 is 0. The largest absolute Gasteiger partial charge is 0.480 e. The molecule has 2 fully saturated rings. The number of carbonyl (C=O) groups excluding carboxylic acids is 1. The molecule has 1 N–H and O–H groups in total. The fraction of sp³-hybridized carbons (Fsp3) is 0.833. The molecule has 4 nitrogen and oxygen atoms in total. The molecule has 0 bridgehead atoms. The average Bonchev–Trinajstić information content (AvgIpc) is 2.81. The molecule has 4 heteroatoms. The molecule has 0 spiro atoms. The summed E-state index contributed by atoms with van der Waals surface area (Å²) in [4.78, 5) is 24.4. The van der Waals surface area contributed by atoms with Crippen LogP contribution in [0.4, 0.5) is 0 Å². The maximum atomic E-state index is 12.2. The molecule has 0 aromatic heterocycles. The van der Waals surface area contributed by atoms with Crippen LogP contribution >= 0.6 is 0 Å². The van der Waals surface area contributed by atoms with Crippen molar-refractivity contribution in [2.24, 2.45) is 17.8 Å². The molecule has 0 aromatic rings. The quantitative estimate of drug-likeness (QED) is 0.785. The number of rotatable bonds is 4.